The third kappa shape index (κ3) is 2.25. The molecule has 0 spiro atoms. The van der Waals surface area contributed by atoms with Gasteiger partial charge in [0.2, 0.25) is 0 Å². The second-order valence-electron chi connectivity index (χ2n) is 3.70. The van der Waals surface area contributed by atoms with Crippen LogP contribution in [0.2, 0.25) is 0 Å². The number of ether oxygens (including phenoxy) is 1. The average molecular weight is 233 g/mol. The van der Waals surface area contributed by atoms with Crippen LogP contribution < -0.4 is 0 Å². The summed E-state index contributed by atoms with van der Waals surface area (Å²) in [5, 5.41) is 0.334. The number of fused-ring (bicyclic) bond motifs is 1. The van der Waals surface area contributed by atoms with Crippen molar-refractivity contribution in [1.82, 2.24) is 4.98 Å². The number of aromatic nitrogens is 1. The zero-order valence-corrected chi connectivity index (χ0v) is 9.66. The molecule has 88 valence electrons. The molecule has 0 aliphatic heterocycles. The number of esters is 1. The van der Waals surface area contributed by atoms with Gasteiger partial charge in [0, 0.05) is 11.1 Å². The first kappa shape index (κ1) is 11.5. The van der Waals surface area contributed by atoms with Crippen molar-refractivity contribution in [3.63, 3.8) is 0 Å². The van der Waals surface area contributed by atoms with Crippen molar-refractivity contribution >= 4 is 16.9 Å². The third-order valence-electron chi connectivity index (χ3n) is 2.40. The lowest BCUT2D eigenvalue weighted by atomic mass is 10.1. The fourth-order valence-electron chi connectivity index (χ4n) is 1.65. The summed E-state index contributed by atoms with van der Waals surface area (Å²) >= 11 is 0. The van der Waals surface area contributed by atoms with Gasteiger partial charge in [0.1, 0.15) is 5.82 Å². The zero-order chi connectivity index (χ0) is 12.4. The largest absolute Gasteiger partial charge is 0.462 e. The summed E-state index contributed by atoms with van der Waals surface area (Å²) in [5.74, 6) is -0.826. The SMILES string of the molecule is CCOC(=O)c1ccc2nc(C)cc(F)c2c1. The van der Waals surface area contributed by atoms with Gasteiger partial charge in [-0.25, -0.2) is 9.18 Å². The molecule has 0 aliphatic rings. The summed E-state index contributed by atoms with van der Waals surface area (Å²) in [6.07, 6.45) is 0. The van der Waals surface area contributed by atoms with Gasteiger partial charge in [-0.1, -0.05) is 0 Å². The topological polar surface area (TPSA) is 39.2 Å². The van der Waals surface area contributed by atoms with Gasteiger partial charge in [0.15, 0.2) is 0 Å². The number of carbonyl (C=O) groups is 1. The van der Waals surface area contributed by atoms with E-state index in [0.717, 1.165) is 0 Å². The van der Waals surface area contributed by atoms with Gasteiger partial charge in [-0.2, -0.15) is 0 Å². The summed E-state index contributed by atoms with van der Waals surface area (Å²) in [6.45, 7) is 3.75. The Balaban J connectivity index is 2.54. The summed E-state index contributed by atoms with van der Waals surface area (Å²) in [4.78, 5) is 15.7. The smallest absolute Gasteiger partial charge is 0.338 e. The molecular weight excluding hydrogens is 221 g/mol. The van der Waals surface area contributed by atoms with Crippen LogP contribution in [0.4, 0.5) is 4.39 Å². The van der Waals surface area contributed by atoms with E-state index in [0.29, 0.717) is 28.8 Å². The maximum atomic E-state index is 13.7. The summed E-state index contributed by atoms with van der Waals surface area (Å²) in [5.41, 5.74) is 1.48. The highest BCUT2D eigenvalue weighted by Crippen LogP contribution is 2.19. The van der Waals surface area contributed by atoms with E-state index in [2.05, 4.69) is 4.98 Å². The fourth-order valence-corrected chi connectivity index (χ4v) is 1.65. The van der Waals surface area contributed by atoms with E-state index in [1.165, 1.54) is 12.1 Å². The highest BCUT2D eigenvalue weighted by molar-refractivity contribution is 5.94. The van der Waals surface area contributed by atoms with Crippen molar-refractivity contribution in [2.75, 3.05) is 6.61 Å². The molecule has 0 saturated heterocycles. The molecule has 0 bridgehead atoms. The molecule has 2 rings (SSSR count). The molecule has 0 radical (unpaired) electrons. The van der Waals surface area contributed by atoms with E-state index in [-0.39, 0.29) is 5.82 Å². The maximum Gasteiger partial charge on any atom is 0.338 e. The average Bonchev–Trinajstić information content (AvgIpc) is 2.28. The lowest BCUT2D eigenvalue weighted by Crippen LogP contribution is -2.04. The van der Waals surface area contributed by atoms with Crippen LogP contribution in [0.1, 0.15) is 23.0 Å². The number of benzene rings is 1. The first-order valence-electron chi connectivity index (χ1n) is 5.36. The van der Waals surface area contributed by atoms with Gasteiger partial charge >= 0.3 is 5.97 Å². The van der Waals surface area contributed by atoms with Crippen LogP contribution in [-0.4, -0.2) is 17.6 Å². The van der Waals surface area contributed by atoms with Gasteiger partial charge in [0.25, 0.3) is 0 Å². The number of hydrogen-bond donors (Lipinski definition) is 0. The Morgan fingerprint density at radius 2 is 2.18 bits per heavy atom. The van der Waals surface area contributed by atoms with Crippen molar-refractivity contribution in [3.05, 3.63) is 41.3 Å². The minimum atomic E-state index is -0.450. The van der Waals surface area contributed by atoms with E-state index >= 15 is 0 Å². The molecular formula is C13H12FNO2. The van der Waals surface area contributed by atoms with Crippen LogP contribution in [-0.2, 0) is 4.74 Å². The Labute approximate surface area is 98.2 Å². The highest BCUT2D eigenvalue weighted by Gasteiger charge is 2.10. The van der Waals surface area contributed by atoms with Crippen LogP contribution in [0.25, 0.3) is 10.9 Å². The molecule has 0 N–H and O–H groups in total. The summed E-state index contributed by atoms with van der Waals surface area (Å²) in [7, 11) is 0. The van der Waals surface area contributed by atoms with Crippen molar-refractivity contribution < 1.29 is 13.9 Å². The van der Waals surface area contributed by atoms with E-state index in [9.17, 15) is 9.18 Å². The monoisotopic (exact) mass is 233 g/mol. The number of rotatable bonds is 2. The number of nitrogens with zero attached hydrogens (tertiary/aromatic N) is 1. The summed E-state index contributed by atoms with van der Waals surface area (Å²) in [6, 6.07) is 6.02. The zero-order valence-electron chi connectivity index (χ0n) is 9.66. The molecule has 0 aliphatic carbocycles. The molecule has 0 unspecified atom stereocenters. The number of pyridine rings is 1. The molecule has 0 fully saturated rings. The minimum absolute atomic E-state index is 0.297. The maximum absolute atomic E-state index is 13.7. The minimum Gasteiger partial charge on any atom is -0.462 e. The van der Waals surface area contributed by atoms with Crippen molar-refractivity contribution in [1.29, 1.82) is 0 Å². The normalized spacial score (nSPS) is 10.5. The summed E-state index contributed by atoms with van der Waals surface area (Å²) < 4.78 is 18.5. The highest BCUT2D eigenvalue weighted by atomic mass is 19.1. The van der Waals surface area contributed by atoms with E-state index in [1.54, 1.807) is 26.0 Å². The predicted octanol–water partition coefficient (Wildman–Crippen LogP) is 2.86. The molecule has 0 atom stereocenters. The second kappa shape index (κ2) is 4.49. The van der Waals surface area contributed by atoms with Crippen LogP contribution in [0, 0.1) is 12.7 Å². The first-order valence-corrected chi connectivity index (χ1v) is 5.36. The number of hydrogen-bond acceptors (Lipinski definition) is 3. The van der Waals surface area contributed by atoms with Crippen molar-refractivity contribution in [2.24, 2.45) is 0 Å². The van der Waals surface area contributed by atoms with Crippen LogP contribution >= 0.6 is 0 Å². The molecule has 1 aromatic heterocycles. The fraction of sp³-hybridized carbons (Fsp3) is 0.231. The number of aryl methyl sites for hydroxylation is 1. The van der Waals surface area contributed by atoms with Gasteiger partial charge in [-0.15, -0.1) is 0 Å². The molecule has 17 heavy (non-hydrogen) atoms. The molecule has 4 heteroatoms. The third-order valence-corrected chi connectivity index (χ3v) is 2.40. The molecule has 2 aromatic rings. The standard InChI is InChI=1S/C13H12FNO2/c1-3-17-13(16)9-4-5-12-10(7-9)11(14)6-8(2)15-12/h4-7H,3H2,1-2H3. The van der Waals surface area contributed by atoms with Gasteiger partial charge in [-0.3, -0.25) is 4.98 Å². The van der Waals surface area contributed by atoms with Crippen LogP contribution in [0.15, 0.2) is 24.3 Å². The predicted molar refractivity (Wildman–Crippen MR) is 62.4 cm³/mol. The molecule has 0 amide bonds. The number of carbonyl (C=O) groups excluding carboxylic acids is 1. The molecule has 1 heterocycles. The van der Waals surface area contributed by atoms with Gasteiger partial charge in [0.05, 0.1) is 17.7 Å². The Morgan fingerprint density at radius 1 is 1.41 bits per heavy atom. The first-order chi connectivity index (χ1) is 8.11. The van der Waals surface area contributed by atoms with E-state index in [4.69, 9.17) is 4.74 Å². The lowest BCUT2D eigenvalue weighted by molar-refractivity contribution is 0.0526. The van der Waals surface area contributed by atoms with Crippen LogP contribution in [0.3, 0.4) is 0 Å². The Morgan fingerprint density at radius 3 is 2.88 bits per heavy atom. The number of halogens is 1. The van der Waals surface area contributed by atoms with Gasteiger partial charge < -0.3 is 4.74 Å². The van der Waals surface area contributed by atoms with Crippen molar-refractivity contribution in [2.45, 2.75) is 13.8 Å². The second-order valence-corrected chi connectivity index (χ2v) is 3.70. The Kier molecular flexibility index (Phi) is 3.04. The van der Waals surface area contributed by atoms with E-state index in [1.807, 2.05) is 0 Å². The van der Waals surface area contributed by atoms with Gasteiger partial charge in [-0.05, 0) is 38.1 Å². The molecule has 3 nitrogen and oxygen atoms in total. The van der Waals surface area contributed by atoms with Crippen LogP contribution in [0.5, 0.6) is 0 Å². The molecule has 0 saturated carbocycles. The Bertz CT molecular complexity index is 581. The quantitative estimate of drug-likeness (QED) is 0.749. The Hall–Kier alpha value is -1.97. The lowest BCUT2D eigenvalue weighted by Gasteiger charge is -2.04. The molecule has 1 aromatic carbocycles. The van der Waals surface area contributed by atoms with E-state index < -0.39 is 5.97 Å². The van der Waals surface area contributed by atoms with Crippen molar-refractivity contribution in [3.8, 4) is 0 Å².